The van der Waals surface area contributed by atoms with Gasteiger partial charge in [0, 0.05) is 0 Å². The highest BCUT2D eigenvalue weighted by molar-refractivity contribution is 5.26. The molecular formula is C12H18O3. The van der Waals surface area contributed by atoms with Crippen molar-refractivity contribution >= 4 is 0 Å². The number of ether oxygens (including phenoxy) is 2. The summed E-state index contributed by atoms with van der Waals surface area (Å²) >= 11 is 0. The predicted molar refractivity (Wildman–Crippen MR) is 58.9 cm³/mol. The van der Waals surface area contributed by atoms with Gasteiger partial charge in [-0.2, -0.15) is 0 Å². The summed E-state index contributed by atoms with van der Waals surface area (Å²) in [5.41, 5.74) is 0.890. The van der Waals surface area contributed by atoms with Crippen molar-refractivity contribution in [3.63, 3.8) is 0 Å². The van der Waals surface area contributed by atoms with Gasteiger partial charge in [0.1, 0.15) is 12.4 Å². The second-order valence-corrected chi connectivity index (χ2v) is 3.57. The zero-order valence-corrected chi connectivity index (χ0v) is 9.27. The van der Waals surface area contributed by atoms with E-state index in [4.69, 9.17) is 14.6 Å². The molecule has 0 aromatic heterocycles. The van der Waals surface area contributed by atoms with Crippen LogP contribution in [0.5, 0.6) is 5.75 Å². The number of hydrogen-bond acceptors (Lipinski definition) is 3. The van der Waals surface area contributed by atoms with Crippen molar-refractivity contribution in [2.24, 2.45) is 0 Å². The van der Waals surface area contributed by atoms with Crippen LogP contribution in [0.2, 0.25) is 0 Å². The van der Waals surface area contributed by atoms with Crippen LogP contribution in [0.1, 0.15) is 19.4 Å². The highest BCUT2D eigenvalue weighted by atomic mass is 16.5. The molecule has 3 heteroatoms. The van der Waals surface area contributed by atoms with Crippen LogP contribution >= 0.6 is 0 Å². The maximum Gasteiger partial charge on any atom is 0.119 e. The van der Waals surface area contributed by atoms with E-state index in [1.54, 1.807) is 0 Å². The van der Waals surface area contributed by atoms with Gasteiger partial charge in [-0.05, 0) is 31.5 Å². The van der Waals surface area contributed by atoms with E-state index in [2.05, 4.69) is 0 Å². The van der Waals surface area contributed by atoms with E-state index < -0.39 is 0 Å². The largest absolute Gasteiger partial charge is 0.491 e. The zero-order valence-electron chi connectivity index (χ0n) is 9.27. The molecule has 0 bridgehead atoms. The molecule has 0 spiro atoms. The number of aliphatic hydroxyl groups is 1. The van der Waals surface area contributed by atoms with E-state index in [0.29, 0.717) is 13.2 Å². The van der Waals surface area contributed by atoms with Gasteiger partial charge in [0.25, 0.3) is 0 Å². The number of benzene rings is 1. The van der Waals surface area contributed by atoms with Gasteiger partial charge in [0.15, 0.2) is 0 Å². The Balaban J connectivity index is 2.25. The van der Waals surface area contributed by atoms with Crippen LogP contribution in [-0.4, -0.2) is 24.4 Å². The molecule has 0 amide bonds. The summed E-state index contributed by atoms with van der Waals surface area (Å²) in [5, 5.41) is 8.84. The molecule has 84 valence electrons. The Morgan fingerprint density at radius 2 is 1.80 bits per heavy atom. The maximum atomic E-state index is 8.84. The Kier molecular flexibility index (Phi) is 5.15. The molecule has 3 nitrogen and oxygen atoms in total. The molecule has 1 rings (SSSR count). The second kappa shape index (κ2) is 6.43. The first-order valence-corrected chi connectivity index (χ1v) is 5.16. The van der Waals surface area contributed by atoms with Gasteiger partial charge >= 0.3 is 0 Å². The van der Waals surface area contributed by atoms with Crippen molar-refractivity contribution < 1.29 is 14.6 Å². The third-order valence-corrected chi connectivity index (χ3v) is 1.91. The Hall–Kier alpha value is -1.06. The van der Waals surface area contributed by atoms with E-state index in [1.165, 1.54) is 0 Å². The normalized spacial score (nSPS) is 10.7. The number of aliphatic hydroxyl groups excluding tert-OH is 1. The van der Waals surface area contributed by atoms with Gasteiger partial charge < -0.3 is 14.6 Å². The van der Waals surface area contributed by atoms with Crippen molar-refractivity contribution in [1.82, 2.24) is 0 Å². The first-order chi connectivity index (χ1) is 7.22. The zero-order chi connectivity index (χ0) is 11.1. The van der Waals surface area contributed by atoms with Crippen molar-refractivity contribution in [2.45, 2.75) is 26.6 Å². The highest BCUT2D eigenvalue weighted by Gasteiger charge is 1.96. The molecule has 0 saturated carbocycles. The molecular weight excluding hydrogens is 192 g/mol. The van der Waals surface area contributed by atoms with Crippen molar-refractivity contribution in [2.75, 3.05) is 13.2 Å². The molecule has 0 aliphatic heterocycles. The smallest absolute Gasteiger partial charge is 0.119 e. The Labute approximate surface area is 90.6 Å². The fourth-order valence-electron chi connectivity index (χ4n) is 1.13. The van der Waals surface area contributed by atoms with Crippen molar-refractivity contribution in [1.29, 1.82) is 0 Å². The first kappa shape index (κ1) is 12.0. The first-order valence-electron chi connectivity index (χ1n) is 5.16. The van der Waals surface area contributed by atoms with Crippen LogP contribution in [0.15, 0.2) is 24.3 Å². The van der Waals surface area contributed by atoms with Gasteiger partial charge in [-0.3, -0.25) is 0 Å². The second-order valence-electron chi connectivity index (χ2n) is 3.57. The summed E-state index contributed by atoms with van der Waals surface area (Å²) in [5.74, 6) is 0.805. The van der Waals surface area contributed by atoms with E-state index in [9.17, 15) is 0 Å². The van der Waals surface area contributed by atoms with E-state index in [1.807, 2.05) is 38.1 Å². The summed E-state index contributed by atoms with van der Waals surface area (Å²) < 4.78 is 10.8. The molecule has 15 heavy (non-hydrogen) atoms. The molecule has 0 aliphatic carbocycles. The van der Waals surface area contributed by atoms with E-state index in [-0.39, 0.29) is 12.7 Å². The fraction of sp³-hybridized carbons (Fsp3) is 0.500. The minimum absolute atomic E-state index is 0.0662. The number of rotatable bonds is 6. The Morgan fingerprint density at radius 3 is 2.33 bits per heavy atom. The molecule has 1 aromatic rings. The van der Waals surface area contributed by atoms with Gasteiger partial charge in [-0.1, -0.05) is 12.1 Å². The van der Waals surface area contributed by atoms with Gasteiger partial charge in [-0.25, -0.2) is 0 Å². The lowest BCUT2D eigenvalue weighted by molar-refractivity contribution is 0.0552. The van der Waals surface area contributed by atoms with Crippen LogP contribution in [0.25, 0.3) is 0 Å². The van der Waals surface area contributed by atoms with E-state index >= 15 is 0 Å². The average molecular weight is 210 g/mol. The summed E-state index contributed by atoms with van der Waals surface area (Å²) in [7, 11) is 0. The van der Waals surface area contributed by atoms with Crippen LogP contribution < -0.4 is 4.74 Å². The SMILES string of the molecule is CC(C)OCCOc1ccc(CO)cc1. The fourth-order valence-corrected chi connectivity index (χ4v) is 1.13. The summed E-state index contributed by atoms with van der Waals surface area (Å²) in [6.45, 7) is 5.21. The topological polar surface area (TPSA) is 38.7 Å². The third kappa shape index (κ3) is 4.81. The van der Waals surface area contributed by atoms with Gasteiger partial charge in [0.2, 0.25) is 0 Å². The molecule has 0 atom stereocenters. The van der Waals surface area contributed by atoms with Crippen LogP contribution in [0.3, 0.4) is 0 Å². The van der Waals surface area contributed by atoms with Gasteiger partial charge in [0.05, 0.1) is 19.3 Å². The Bertz CT molecular complexity index is 267. The minimum Gasteiger partial charge on any atom is -0.491 e. The van der Waals surface area contributed by atoms with Crippen molar-refractivity contribution in [3.8, 4) is 5.75 Å². The molecule has 0 aliphatic rings. The van der Waals surface area contributed by atoms with Gasteiger partial charge in [-0.15, -0.1) is 0 Å². The summed E-state index contributed by atoms with van der Waals surface area (Å²) in [4.78, 5) is 0. The molecule has 0 saturated heterocycles. The molecule has 0 radical (unpaired) electrons. The standard InChI is InChI=1S/C12H18O3/c1-10(2)14-7-8-15-12-5-3-11(9-13)4-6-12/h3-6,10,13H,7-9H2,1-2H3. The quantitative estimate of drug-likeness (QED) is 0.730. The minimum atomic E-state index is 0.0662. The molecule has 0 fully saturated rings. The summed E-state index contributed by atoms with van der Waals surface area (Å²) in [6, 6.07) is 7.39. The lowest BCUT2D eigenvalue weighted by Gasteiger charge is -2.09. The maximum absolute atomic E-state index is 8.84. The van der Waals surface area contributed by atoms with Crippen LogP contribution in [0.4, 0.5) is 0 Å². The molecule has 0 unspecified atom stereocenters. The van der Waals surface area contributed by atoms with Crippen LogP contribution in [-0.2, 0) is 11.3 Å². The predicted octanol–water partition coefficient (Wildman–Crippen LogP) is 1.98. The van der Waals surface area contributed by atoms with E-state index in [0.717, 1.165) is 11.3 Å². The lowest BCUT2D eigenvalue weighted by atomic mass is 10.2. The lowest BCUT2D eigenvalue weighted by Crippen LogP contribution is -2.11. The third-order valence-electron chi connectivity index (χ3n) is 1.91. The molecule has 1 aromatic carbocycles. The molecule has 1 N–H and O–H groups in total. The monoisotopic (exact) mass is 210 g/mol. The van der Waals surface area contributed by atoms with Crippen LogP contribution in [0, 0.1) is 0 Å². The highest BCUT2D eigenvalue weighted by Crippen LogP contribution is 2.11. The number of hydrogen-bond donors (Lipinski definition) is 1. The molecule has 0 heterocycles. The average Bonchev–Trinajstić information content (AvgIpc) is 2.25. The Morgan fingerprint density at radius 1 is 1.13 bits per heavy atom. The van der Waals surface area contributed by atoms with Crippen molar-refractivity contribution in [3.05, 3.63) is 29.8 Å². The summed E-state index contributed by atoms with van der Waals surface area (Å²) in [6.07, 6.45) is 0.241.